The Bertz CT molecular complexity index is 735. The molecule has 2 aromatic rings. The van der Waals surface area contributed by atoms with Crippen molar-refractivity contribution in [1.82, 2.24) is 0 Å². The van der Waals surface area contributed by atoms with Gasteiger partial charge >= 0.3 is 0 Å². The van der Waals surface area contributed by atoms with Crippen LogP contribution in [-0.4, -0.2) is 16.3 Å². The Morgan fingerprint density at radius 3 is 2.54 bits per heavy atom. The molecular weight excluding hydrogens is 300 g/mol. The van der Waals surface area contributed by atoms with Crippen LogP contribution in [-0.2, 0) is 6.42 Å². The zero-order valence-corrected chi connectivity index (χ0v) is 14.0. The number of aryl methyl sites for hydroxylation is 2. The van der Waals surface area contributed by atoms with Crippen molar-refractivity contribution >= 4 is 0 Å². The molecule has 1 heterocycles. The minimum atomic E-state index is 0.238. The molecule has 0 amide bonds. The van der Waals surface area contributed by atoms with Crippen LogP contribution in [0.4, 0.5) is 0 Å². The standard InChI is InChI=1S/C21H24O3/c1-13-11-17(23)12-15-7-10-20(24-21(13)15)19-4-2-3-18(19)14-5-8-16(22)9-6-14/h5-6,8-9,11-12,18-20,22-23H,2-4,7,10H2,1H3/t18?,19?,20-/m0/s1. The Morgan fingerprint density at radius 1 is 0.958 bits per heavy atom. The average Bonchev–Trinajstić information content (AvgIpc) is 3.05. The summed E-state index contributed by atoms with van der Waals surface area (Å²) >= 11 is 0. The van der Waals surface area contributed by atoms with Crippen LogP contribution in [0.2, 0.25) is 0 Å². The number of hydrogen-bond donors (Lipinski definition) is 2. The van der Waals surface area contributed by atoms with Gasteiger partial charge < -0.3 is 14.9 Å². The highest BCUT2D eigenvalue weighted by Crippen LogP contribution is 2.46. The average molecular weight is 324 g/mol. The zero-order valence-electron chi connectivity index (χ0n) is 14.0. The van der Waals surface area contributed by atoms with Gasteiger partial charge in [0.25, 0.3) is 0 Å². The molecule has 1 saturated carbocycles. The Morgan fingerprint density at radius 2 is 1.75 bits per heavy atom. The van der Waals surface area contributed by atoms with Gasteiger partial charge in [0.1, 0.15) is 23.4 Å². The molecule has 2 N–H and O–H groups in total. The van der Waals surface area contributed by atoms with Gasteiger partial charge in [-0.05, 0) is 79.5 Å². The SMILES string of the molecule is Cc1cc(O)cc2c1O[C@H](C1CCCC1c1ccc(O)cc1)CC2. The maximum absolute atomic E-state index is 9.78. The first kappa shape index (κ1) is 15.4. The number of aromatic hydroxyl groups is 2. The van der Waals surface area contributed by atoms with Crippen LogP contribution in [0.3, 0.4) is 0 Å². The predicted octanol–water partition coefficient (Wildman–Crippen LogP) is 4.68. The van der Waals surface area contributed by atoms with Crippen molar-refractivity contribution in [2.24, 2.45) is 5.92 Å². The fourth-order valence-electron chi connectivity index (χ4n) is 4.56. The third-order valence-corrected chi connectivity index (χ3v) is 5.67. The molecule has 2 unspecified atom stereocenters. The van der Waals surface area contributed by atoms with Crippen LogP contribution < -0.4 is 4.74 Å². The molecule has 24 heavy (non-hydrogen) atoms. The van der Waals surface area contributed by atoms with Gasteiger partial charge in [-0.2, -0.15) is 0 Å². The molecular formula is C21H24O3. The maximum atomic E-state index is 9.78. The molecule has 0 saturated heterocycles. The van der Waals surface area contributed by atoms with E-state index in [1.165, 1.54) is 24.8 Å². The molecule has 3 atom stereocenters. The third-order valence-electron chi connectivity index (χ3n) is 5.67. The lowest BCUT2D eigenvalue weighted by Crippen LogP contribution is -2.32. The summed E-state index contributed by atoms with van der Waals surface area (Å²) in [6.07, 6.45) is 5.84. The van der Waals surface area contributed by atoms with Crippen molar-refractivity contribution in [2.45, 2.75) is 51.0 Å². The molecule has 2 aromatic carbocycles. The highest BCUT2D eigenvalue weighted by Gasteiger charge is 2.37. The summed E-state index contributed by atoms with van der Waals surface area (Å²) in [5.41, 5.74) is 3.46. The van der Waals surface area contributed by atoms with Crippen LogP contribution >= 0.6 is 0 Å². The second kappa shape index (κ2) is 6.04. The largest absolute Gasteiger partial charge is 0.508 e. The Hall–Kier alpha value is -2.16. The first-order valence-corrected chi connectivity index (χ1v) is 8.90. The fourth-order valence-corrected chi connectivity index (χ4v) is 4.56. The van der Waals surface area contributed by atoms with Gasteiger partial charge in [0.15, 0.2) is 0 Å². The van der Waals surface area contributed by atoms with Crippen LogP contribution in [0.15, 0.2) is 36.4 Å². The molecule has 3 heteroatoms. The van der Waals surface area contributed by atoms with Gasteiger partial charge in [0, 0.05) is 5.92 Å². The van der Waals surface area contributed by atoms with E-state index in [1.807, 2.05) is 13.0 Å². The van der Waals surface area contributed by atoms with E-state index >= 15 is 0 Å². The van der Waals surface area contributed by atoms with E-state index in [0.717, 1.165) is 29.7 Å². The smallest absolute Gasteiger partial charge is 0.126 e. The first-order chi connectivity index (χ1) is 11.6. The van der Waals surface area contributed by atoms with Crippen molar-refractivity contribution < 1.29 is 14.9 Å². The van der Waals surface area contributed by atoms with Gasteiger partial charge in [0.05, 0.1) is 0 Å². The van der Waals surface area contributed by atoms with Gasteiger partial charge in [-0.25, -0.2) is 0 Å². The van der Waals surface area contributed by atoms with E-state index in [9.17, 15) is 10.2 Å². The molecule has 3 nitrogen and oxygen atoms in total. The monoisotopic (exact) mass is 324 g/mol. The van der Waals surface area contributed by atoms with Crippen LogP contribution in [0.25, 0.3) is 0 Å². The van der Waals surface area contributed by atoms with E-state index in [2.05, 4.69) is 12.1 Å². The molecule has 1 fully saturated rings. The van der Waals surface area contributed by atoms with Crippen molar-refractivity contribution in [1.29, 1.82) is 0 Å². The van der Waals surface area contributed by atoms with Crippen LogP contribution in [0.5, 0.6) is 17.2 Å². The summed E-state index contributed by atoms with van der Waals surface area (Å²) in [5.74, 6) is 2.66. The number of hydrogen-bond acceptors (Lipinski definition) is 3. The van der Waals surface area contributed by atoms with E-state index < -0.39 is 0 Å². The summed E-state index contributed by atoms with van der Waals surface area (Å²) in [5, 5.41) is 19.3. The second-order valence-electron chi connectivity index (χ2n) is 7.24. The number of phenols is 2. The minimum absolute atomic E-state index is 0.238. The van der Waals surface area contributed by atoms with Crippen molar-refractivity contribution in [3.63, 3.8) is 0 Å². The molecule has 0 radical (unpaired) electrons. The molecule has 4 rings (SSSR count). The summed E-state index contributed by atoms with van der Waals surface area (Å²) in [7, 11) is 0. The van der Waals surface area contributed by atoms with Crippen molar-refractivity contribution in [3.8, 4) is 17.2 Å². The first-order valence-electron chi connectivity index (χ1n) is 8.90. The lowest BCUT2D eigenvalue weighted by molar-refractivity contribution is 0.103. The number of phenolic OH excluding ortho intramolecular Hbond substituents is 2. The fraction of sp³-hybridized carbons (Fsp3) is 0.429. The number of benzene rings is 2. The lowest BCUT2D eigenvalue weighted by atomic mass is 9.82. The normalized spacial score (nSPS) is 26.0. The van der Waals surface area contributed by atoms with E-state index in [4.69, 9.17) is 4.74 Å². The molecule has 0 bridgehead atoms. The minimum Gasteiger partial charge on any atom is -0.508 e. The lowest BCUT2D eigenvalue weighted by Gasteiger charge is -2.34. The van der Waals surface area contributed by atoms with Gasteiger partial charge in [-0.3, -0.25) is 0 Å². The summed E-state index contributed by atoms with van der Waals surface area (Å²) in [4.78, 5) is 0. The summed E-state index contributed by atoms with van der Waals surface area (Å²) in [6.45, 7) is 2.01. The van der Waals surface area contributed by atoms with E-state index in [1.54, 1.807) is 18.2 Å². The number of ether oxygens (including phenoxy) is 1. The molecule has 1 aliphatic carbocycles. The van der Waals surface area contributed by atoms with E-state index in [0.29, 0.717) is 23.3 Å². The summed E-state index contributed by atoms with van der Waals surface area (Å²) < 4.78 is 6.42. The Labute approximate surface area is 142 Å². The highest BCUT2D eigenvalue weighted by molar-refractivity contribution is 5.47. The zero-order chi connectivity index (χ0) is 16.7. The highest BCUT2D eigenvalue weighted by atomic mass is 16.5. The predicted molar refractivity (Wildman–Crippen MR) is 93.8 cm³/mol. The van der Waals surface area contributed by atoms with E-state index in [-0.39, 0.29) is 6.10 Å². The molecule has 0 aromatic heterocycles. The molecule has 0 spiro atoms. The van der Waals surface area contributed by atoms with Crippen molar-refractivity contribution in [2.75, 3.05) is 0 Å². The molecule has 1 aliphatic heterocycles. The summed E-state index contributed by atoms with van der Waals surface area (Å²) in [6, 6.07) is 11.3. The quantitative estimate of drug-likeness (QED) is 0.843. The third kappa shape index (κ3) is 2.72. The van der Waals surface area contributed by atoms with Gasteiger partial charge in [-0.1, -0.05) is 18.6 Å². The second-order valence-corrected chi connectivity index (χ2v) is 7.24. The Kier molecular flexibility index (Phi) is 3.87. The molecule has 2 aliphatic rings. The van der Waals surface area contributed by atoms with Crippen LogP contribution in [0, 0.1) is 12.8 Å². The Balaban J connectivity index is 1.58. The molecule has 126 valence electrons. The van der Waals surface area contributed by atoms with Crippen molar-refractivity contribution in [3.05, 3.63) is 53.1 Å². The van der Waals surface area contributed by atoms with Crippen LogP contribution in [0.1, 0.15) is 48.3 Å². The topological polar surface area (TPSA) is 49.7 Å². The maximum Gasteiger partial charge on any atom is 0.126 e. The number of fused-ring (bicyclic) bond motifs is 1. The number of rotatable bonds is 2. The van der Waals surface area contributed by atoms with Gasteiger partial charge in [-0.15, -0.1) is 0 Å². The van der Waals surface area contributed by atoms with Gasteiger partial charge in [0.2, 0.25) is 0 Å².